The molecule has 0 bridgehead atoms. The number of carbonyl (C=O) groups excluding carboxylic acids is 1. The second-order valence-electron chi connectivity index (χ2n) is 2.76. The third-order valence-electron chi connectivity index (χ3n) is 1.60. The molecule has 0 radical (unpaired) electrons. The predicted octanol–water partition coefficient (Wildman–Crippen LogP) is 2.05. The van der Waals surface area contributed by atoms with E-state index in [4.69, 9.17) is 5.73 Å². The van der Waals surface area contributed by atoms with Crippen molar-refractivity contribution in [3.63, 3.8) is 0 Å². The maximum atomic E-state index is 12.1. The van der Waals surface area contributed by atoms with Crippen molar-refractivity contribution in [2.75, 3.05) is 0 Å². The number of benzene rings is 1. The lowest BCUT2D eigenvalue weighted by atomic mass is 10.2. The number of rotatable bonds is 4. The lowest BCUT2D eigenvalue weighted by Crippen LogP contribution is -2.24. The topological polar surface area (TPSA) is 76.7 Å². The van der Waals surface area contributed by atoms with Gasteiger partial charge in [0, 0.05) is 4.47 Å². The number of nitrogens with two attached hydrogens (primary N) is 1. The fourth-order valence-corrected chi connectivity index (χ4v) is 1.45. The van der Waals surface area contributed by atoms with Gasteiger partial charge in [0.25, 0.3) is 0 Å². The minimum atomic E-state index is -2.94. The molecule has 0 aromatic heterocycles. The Morgan fingerprint density at radius 3 is 2.88 bits per heavy atom. The Morgan fingerprint density at radius 1 is 1.59 bits per heavy atom. The van der Waals surface area contributed by atoms with Crippen LogP contribution in [0.25, 0.3) is 0 Å². The second-order valence-corrected chi connectivity index (χ2v) is 3.62. The molecule has 8 heteroatoms. The monoisotopic (exact) mass is 307 g/mol. The molecule has 0 unspecified atom stereocenters. The highest BCUT2D eigenvalue weighted by molar-refractivity contribution is 9.10. The fraction of sp³-hybridized carbons (Fsp3) is 0.111. The van der Waals surface area contributed by atoms with Crippen molar-refractivity contribution in [2.45, 2.75) is 6.61 Å². The summed E-state index contributed by atoms with van der Waals surface area (Å²) in [6, 6.07) is 3.64. The van der Waals surface area contributed by atoms with E-state index in [2.05, 4.69) is 25.8 Å². The van der Waals surface area contributed by atoms with Gasteiger partial charge in [-0.05, 0) is 28.1 Å². The van der Waals surface area contributed by atoms with Crippen LogP contribution < -0.4 is 15.9 Å². The fourth-order valence-electron chi connectivity index (χ4n) is 1.00. The van der Waals surface area contributed by atoms with E-state index in [1.807, 2.05) is 5.43 Å². The van der Waals surface area contributed by atoms with Crippen LogP contribution in [0.15, 0.2) is 27.8 Å². The van der Waals surface area contributed by atoms with Crippen LogP contribution in [0.1, 0.15) is 5.56 Å². The number of ether oxygens (including phenoxy) is 1. The molecule has 3 N–H and O–H groups in total. The van der Waals surface area contributed by atoms with Crippen molar-refractivity contribution in [3.8, 4) is 5.75 Å². The molecule has 2 amide bonds. The molecule has 1 aromatic rings. The Morgan fingerprint density at radius 2 is 2.29 bits per heavy atom. The number of nitrogens with zero attached hydrogens (tertiary/aromatic N) is 1. The Hall–Kier alpha value is -1.70. The zero-order chi connectivity index (χ0) is 12.8. The van der Waals surface area contributed by atoms with Crippen molar-refractivity contribution >= 4 is 28.2 Å². The average molecular weight is 308 g/mol. The Kier molecular flexibility index (Phi) is 4.83. The molecule has 0 fully saturated rings. The van der Waals surface area contributed by atoms with E-state index in [1.54, 1.807) is 6.07 Å². The number of carbonyl (C=O) groups is 1. The van der Waals surface area contributed by atoms with E-state index in [-0.39, 0.29) is 11.3 Å². The van der Waals surface area contributed by atoms with Gasteiger partial charge in [0.15, 0.2) is 0 Å². The molecule has 5 nitrogen and oxygen atoms in total. The molecule has 0 spiro atoms. The van der Waals surface area contributed by atoms with Crippen LogP contribution >= 0.6 is 15.9 Å². The van der Waals surface area contributed by atoms with Crippen LogP contribution in [-0.2, 0) is 0 Å². The summed E-state index contributed by atoms with van der Waals surface area (Å²) in [5, 5.41) is 3.47. The van der Waals surface area contributed by atoms with Gasteiger partial charge in [-0.3, -0.25) is 0 Å². The summed E-state index contributed by atoms with van der Waals surface area (Å²) in [7, 11) is 0. The summed E-state index contributed by atoms with van der Waals surface area (Å²) in [6.07, 6.45) is 1.15. The third-order valence-corrected chi connectivity index (χ3v) is 2.29. The van der Waals surface area contributed by atoms with E-state index < -0.39 is 12.6 Å². The SMILES string of the molecule is NC(=O)NN=Cc1c(Br)cccc1OC(F)F. The first kappa shape index (κ1) is 13.4. The highest BCUT2D eigenvalue weighted by atomic mass is 79.9. The zero-order valence-corrected chi connectivity index (χ0v) is 9.95. The van der Waals surface area contributed by atoms with Crippen molar-refractivity contribution in [1.29, 1.82) is 0 Å². The summed E-state index contributed by atoms with van der Waals surface area (Å²) in [5.41, 5.74) is 7.00. The Balaban J connectivity index is 2.95. The molecule has 0 heterocycles. The van der Waals surface area contributed by atoms with Crippen molar-refractivity contribution < 1.29 is 18.3 Å². The van der Waals surface area contributed by atoms with E-state index in [1.165, 1.54) is 12.1 Å². The van der Waals surface area contributed by atoms with Gasteiger partial charge in [-0.1, -0.05) is 6.07 Å². The van der Waals surface area contributed by atoms with Crippen LogP contribution in [0.5, 0.6) is 5.75 Å². The number of alkyl halides is 2. The number of nitrogens with one attached hydrogen (secondary N) is 1. The van der Waals surface area contributed by atoms with Gasteiger partial charge in [0.1, 0.15) is 5.75 Å². The molecule has 92 valence electrons. The number of urea groups is 1. The van der Waals surface area contributed by atoms with Crippen LogP contribution in [-0.4, -0.2) is 18.9 Å². The number of halogens is 3. The lowest BCUT2D eigenvalue weighted by Gasteiger charge is -2.08. The first-order valence-corrected chi connectivity index (χ1v) is 5.12. The Labute approximate surface area is 104 Å². The van der Waals surface area contributed by atoms with Gasteiger partial charge in [-0.2, -0.15) is 13.9 Å². The number of primary amides is 1. The second kappa shape index (κ2) is 6.14. The van der Waals surface area contributed by atoms with Crippen LogP contribution in [0, 0.1) is 0 Å². The minimum Gasteiger partial charge on any atom is -0.434 e. The van der Waals surface area contributed by atoms with Crippen molar-refractivity contribution in [2.24, 2.45) is 10.8 Å². The number of amides is 2. The molecule has 17 heavy (non-hydrogen) atoms. The van der Waals surface area contributed by atoms with Crippen LogP contribution in [0.2, 0.25) is 0 Å². The molecule has 1 aromatic carbocycles. The zero-order valence-electron chi connectivity index (χ0n) is 8.36. The summed E-state index contributed by atoms with van der Waals surface area (Å²) in [4.78, 5) is 10.4. The third kappa shape index (κ3) is 4.35. The molecule has 0 saturated carbocycles. The normalized spacial score (nSPS) is 10.8. The number of hydrogen-bond acceptors (Lipinski definition) is 3. The number of hydrazone groups is 1. The van der Waals surface area contributed by atoms with Crippen LogP contribution in [0.4, 0.5) is 13.6 Å². The van der Waals surface area contributed by atoms with Gasteiger partial charge in [-0.25, -0.2) is 10.2 Å². The predicted molar refractivity (Wildman–Crippen MR) is 61.1 cm³/mol. The maximum absolute atomic E-state index is 12.1. The quantitative estimate of drug-likeness (QED) is 0.660. The van der Waals surface area contributed by atoms with Gasteiger partial charge in [-0.15, -0.1) is 0 Å². The van der Waals surface area contributed by atoms with E-state index in [9.17, 15) is 13.6 Å². The Bertz CT molecular complexity index is 440. The van der Waals surface area contributed by atoms with E-state index in [0.717, 1.165) is 6.21 Å². The first-order valence-electron chi connectivity index (χ1n) is 4.32. The number of hydrogen-bond donors (Lipinski definition) is 2. The largest absolute Gasteiger partial charge is 0.434 e. The van der Waals surface area contributed by atoms with Gasteiger partial charge < -0.3 is 10.5 Å². The molecule has 0 aliphatic heterocycles. The van der Waals surface area contributed by atoms with Crippen molar-refractivity contribution in [1.82, 2.24) is 5.43 Å². The highest BCUT2D eigenvalue weighted by Crippen LogP contribution is 2.26. The maximum Gasteiger partial charge on any atom is 0.387 e. The highest BCUT2D eigenvalue weighted by Gasteiger charge is 2.10. The summed E-state index contributed by atoms with van der Waals surface area (Å²) in [5.74, 6) is -0.0654. The van der Waals surface area contributed by atoms with Gasteiger partial charge >= 0.3 is 12.6 Å². The van der Waals surface area contributed by atoms with Crippen LogP contribution in [0.3, 0.4) is 0 Å². The minimum absolute atomic E-state index is 0.0654. The molecule has 0 aliphatic rings. The van der Waals surface area contributed by atoms with Gasteiger partial charge in [0.2, 0.25) is 0 Å². The smallest absolute Gasteiger partial charge is 0.387 e. The standard InChI is InChI=1S/C9H8BrF2N3O2/c10-6-2-1-3-7(17-8(11)12)5(6)4-14-15-9(13)16/h1-4,8H,(H3,13,15,16). The van der Waals surface area contributed by atoms with E-state index >= 15 is 0 Å². The molecule has 0 saturated heterocycles. The van der Waals surface area contributed by atoms with Crippen molar-refractivity contribution in [3.05, 3.63) is 28.2 Å². The molecule has 0 atom stereocenters. The molecule has 1 rings (SSSR count). The summed E-state index contributed by atoms with van der Waals surface area (Å²) >= 11 is 3.14. The molecular formula is C9H8BrF2N3O2. The summed E-state index contributed by atoms with van der Waals surface area (Å²) in [6.45, 7) is -2.94. The lowest BCUT2D eigenvalue weighted by molar-refractivity contribution is -0.0499. The average Bonchev–Trinajstić information content (AvgIpc) is 2.21. The molecular weight excluding hydrogens is 300 g/mol. The van der Waals surface area contributed by atoms with Gasteiger partial charge in [0.05, 0.1) is 11.8 Å². The summed E-state index contributed by atoms with van der Waals surface area (Å²) < 4.78 is 29.0. The van der Waals surface area contributed by atoms with E-state index in [0.29, 0.717) is 4.47 Å². The first-order chi connectivity index (χ1) is 8.00. The molecule has 0 aliphatic carbocycles.